The van der Waals surface area contributed by atoms with Crippen LogP contribution in [0.2, 0.25) is 0 Å². The van der Waals surface area contributed by atoms with Gasteiger partial charge >= 0.3 is 0 Å². The van der Waals surface area contributed by atoms with Gasteiger partial charge in [0.1, 0.15) is 13.2 Å². The van der Waals surface area contributed by atoms with E-state index < -0.39 is 0 Å². The topological polar surface area (TPSA) is 142 Å². The Bertz CT molecular complexity index is 2260. The predicted molar refractivity (Wildman–Crippen MR) is 206 cm³/mol. The number of anilines is 5. The van der Waals surface area contributed by atoms with Crippen molar-refractivity contribution in [3.63, 3.8) is 0 Å². The maximum absolute atomic E-state index is 13.8. The number of para-hydroxylation sites is 2. The van der Waals surface area contributed by atoms with E-state index in [0.29, 0.717) is 57.7 Å². The summed E-state index contributed by atoms with van der Waals surface area (Å²) in [5.41, 5.74) is 20.9. The van der Waals surface area contributed by atoms with E-state index >= 15 is 0 Å². The fraction of sp³-hybridized carbons (Fsp3) is 0.238. The second-order valence-corrected chi connectivity index (χ2v) is 13.7. The van der Waals surface area contributed by atoms with Gasteiger partial charge in [0.05, 0.1) is 37.1 Å². The van der Waals surface area contributed by atoms with Gasteiger partial charge in [-0.25, -0.2) is 0 Å². The Balaban J connectivity index is 0.972. The highest BCUT2D eigenvalue weighted by Gasteiger charge is 2.38. The highest BCUT2D eigenvalue weighted by molar-refractivity contribution is 6.12. The van der Waals surface area contributed by atoms with Crippen LogP contribution >= 0.6 is 0 Å². The molecule has 0 saturated heterocycles. The summed E-state index contributed by atoms with van der Waals surface area (Å²) in [7, 11) is 3.09. The summed E-state index contributed by atoms with van der Waals surface area (Å²) in [6.45, 7) is 2.99. The van der Waals surface area contributed by atoms with Crippen LogP contribution in [0.1, 0.15) is 49.9 Å². The Morgan fingerprint density at radius 2 is 1.40 bits per heavy atom. The van der Waals surface area contributed by atoms with Crippen molar-refractivity contribution >= 4 is 40.3 Å². The molecule has 2 atom stereocenters. The van der Waals surface area contributed by atoms with Gasteiger partial charge in [-0.05, 0) is 84.5 Å². The molecule has 53 heavy (non-hydrogen) atoms. The third-order valence-electron chi connectivity index (χ3n) is 10.2. The van der Waals surface area contributed by atoms with Crippen LogP contribution in [0.25, 0.3) is 0 Å². The molecule has 3 aliphatic rings. The third kappa shape index (κ3) is 6.18. The van der Waals surface area contributed by atoms with Gasteiger partial charge in [-0.1, -0.05) is 36.4 Å². The molecule has 0 saturated carbocycles. The molecule has 5 N–H and O–H groups in total. The van der Waals surface area contributed by atoms with Crippen molar-refractivity contribution in [1.29, 1.82) is 0 Å². The minimum atomic E-state index is -0.190. The Labute approximate surface area is 308 Å². The van der Waals surface area contributed by atoms with Crippen LogP contribution < -0.4 is 45.5 Å². The summed E-state index contributed by atoms with van der Waals surface area (Å²) < 4.78 is 23.8. The number of nitrogen functional groups attached to an aromatic ring is 2. The maximum Gasteiger partial charge on any atom is 0.260 e. The molecular formula is C42H41N5O6. The van der Waals surface area contributed by atoms with Crippen LogP contribution in [0.15, 0.2) is 91.0 Å². The third-order valence-corrected chi connectivity index (χ3v) is 10.2. The summed E-state index contributed by atoms with van der Waals surface area (Å²) in [6, 6.07) is 28.4. The number of rotatable bonds is 9. The van der Waals surface area contributed by atoms with Crippen LogP contribution in [0, 0.1) is 0 Å². The molecule has 3 aliphatic heterocycles. The zero-order valence-electron chi connectivity index (χ0n) is 29.8. The number of nitrogens with two attached hydrogens (primary N) is 2. The molecule has 3 heterocycles. The lowest BCUT2D eigenvalue weighted by molar-refractivity contribution is 0.0974. The van der Waals surface area contributed by atoms with Gasteiger partial charge < -0.3 is 45.5 Å². The smallest absolute Gasteiger partial charge is 0.260 e. The Hall–Kier alpha value is -6.36. The molecule has 5 aromatic rings. The first-order valence-electron chi connectivity index (χ1n) is 17.6. The number of benzene rings is 5. The quantitative estimate of drug-likeness (QED) is 0.144. The average Bonchev–Trinajstić information content (AvgIpc) is 3.67. The molecule has 0 radical (unpaired) electrons. The number of fused-ring (bicyclic) bond motifs is 5. The van der Waals surface area contributed by atoms with E-state index in [1.165, 1.54) is 12.7 Å². The van der Waals surface area contributed by atoms with Gasteiger partial charge in [0.15, 0.2) is 23.0 Å². The first kappa shape index (κ1) is 33.8. The fourth-order valence-corrected chi connectivity index (χ4v) is 7.73. The molecule has 11 heteroatoms. The van der Waals surface area contributed by atoms with Gasteiger partial charge in [0.25, 0.3) is 11.8 Å². The van der Waals surface area contributed by atoms with Crippen molar-refractivity contribution in [2.75, 3.05) is 47.3 Å². The highest BCUT2D eigenvalue weighted by Crippen LogP contribution is 2.41. The lowest BCUT2D eigenvalue weighted by atomic mass is 10.1. The minimum absolute atomic E-state index is 0.00152. The molecule has 8 rings (SSSR count). The van der Waals surface area contributed by atoms with Gasteiger partial charge in [0.2, 0.25) is 0 Å². The number of hydrogen-bond acceptors (Lipinski definition) is 9. The molecule has 11 nitrogen and oxygen atoms in total. The summed E-state index contributed by atoms with van der Waals surface area (Å²) in [4.78, 5) is 31.3. The zero-order chi connectivity index (χ0) is 36.8. The Morgan fingerprint density at radius 3 is 2.09 bits per heavy atom. The average molecular weight is 712 g/mol. The number of hydrogen-bond donors (Lipinski definition) is 3. The summed E-state index contributed by atoms with van der Waals surface area (Å²) in [5.74, 6) is 1.48. The van der Waals surface area contributed by atoms with E-state index in [2.05, 4.69) is 11.4 Å². The first-order chi connectivity index (χ1) is 25.7. The minimum Gasteiger partial charge on any atom is -0.493 e. The number of nitrogens with zero attached hydrogens (tertiary/aromatic N) is 2. The van der Waals surface area contributed by atoms with E-state index in [0.717, 1.165) is 40.9 Å². The summed E-state index contributed by atoms with van der Waals surface area (Å²) >= 11 is 0. The first-order valence-corrected chi connectivity index (χ1v) is 17.6. The predicted octanol–water partition coefficient (Wildman–Crippen LogP) is 6.61. The lowest BCUT2D eigenvalue weighted by Gasteiger charge is -2.24. The second-order valence-electron chi connectivity index (χ2n) is 13.7. The number of ether oxygens (including phenoxy) is 4. The van der Waals surface area contributed by atoms with Gasteiger partial charge in [0, 0.05) is 47.5 Å². The number of amides is 2. The van der Waals surface area contributed by atoms with Gasteiger partial charge in [-0.2, -0.15) is 0 Å². The molecule has 0 aliphatic carbocycles. The van der Waals surface area contributed by atoms with Crippen LogP contribution in [0.5, 0.6) is 23.0 Å². The number of nitrogens with one attached hydrogen (secondary N) is 1. The standard InChI is InChI=1S/C42H41N5O6/c1-24-12-27-8-4-6-10-35(27)46(24)41(48)31-17-37(50-2)39(19-33(31)44)52-22-25-13-26(15-29(43)14-25)23-53-40-20-34-32(18-38(40)51-3)42(49)47-30(21-45-34)16-28-9-5-7-11-36(28)47/h4-11,13-15,17-20,24,30,45H,12,16,21-23,43-44H2,1-3H3/t24-,30?/m1/s1. The van der Waals surface area contributed by atoms with Crippen molar-refractivity contribution in [2.24, 2.45) is 0 Å². The van der Waals surface area contributed by atoms with Crippen LogP contribution in [-0.4, -0.2) is 44.7 Å². The van der Waals surface area contributed by atoms with E-state index in [-0.39, 0.29) is 37.1 Å². The van der Waals surface area contributed by atoms with Crippen LogP contribution in [-0.2, 0) is 26.1 Å². The monoisotopic (exact) mass is 711 g/mol. The summed E-state index contributed by atoms with van der Waals surface area (Å²) in [5, 5.41) is 3.47. The molecule has 0 bridgehead atoms. The van der Waals surface area contributed by atoms with Crippen molar-refractivity contribution < 1.29 is 28.5 Å². The normalized spacial score (nSPS) is 16.8. The van der Waals surface area contributed by atoms with Gasteiger partial charge in [-0.3, -0.25) is 9.59 Å². The molecular weight excluding hydrogens is 670 g/mol. The Morgan fingerprint density at radius 1 is 0.774 bits per heavy atom. The molecule has 1 unspecified atom stereocenters. The molecule has 2 amide bonds. The van der Waals surface area contributed by atoms with E-state index in [4.69, 9.17) is 30.4 Å². The molecule has 0 aromatic heterocycles. The van der Waals surface area contributed by atoms with Crippen molar-refractivity contribution in [2.45, 2.75) is 45.1 Å². The van der Waals surface area contributed by atoms with Crippen molar-refractivity contribution in [1.82, 2.24) is 0 Å². The number of carbonyl (C=O) groups excluding carboxylic acids is 2. The van der Waals surface area contributed by atoms with Crippen LogP contribution in [0.3, 0.4) is 0 Å². The second kappa shape index (κ2) is 13.6. The Kier molecular flexibility index (Phi) is 8.69. The van der Waals surface area contributed by atoms with Gasteiger partial charge in [-0.15, -0.1) is 0 Å². The molecule has 5 aromatic carbocycles. The van der Waals surface area contributed by atoms with E-state index in [1.807, 2.05) is 78.6 Å². The summed E-state index contributed by atoms with van der Waals surface area (Å²) in [6.07, 6.45) is 1.57. The molecule has 270 valence electrons. The largest absolute Gasteiger partial charge is 0.493 e. The zero-order valence-corrected chi connectivity index (χ0v) is 29.8. The number of methoxy groups -OCH3 is 2. The molecule has 0 spiro atoms. The van der Waals surface area contributed by atoms with E-state index in [1.54, 1.807) is 30.2 Å². The molecule has 0 fully saturated rings. The maximum atomic E-state index is 13.8. The highest BCUT2D eigenvalue weighted by atomic mass is 16.5. The van der Waals surface area contributed by atoms with E-state index in [9.17, 15) is 9.59 Å². The van der Waals surface area contributed by atoms with Crippen molar-refractivity contribution in [3.8, 4) is 23.0 Å². The lowest BCUT2D eigenvalue weighted by Crippen LogP contribution is -2.39. The number of carbonyl (C=O) groups is 2. The van der Waals surface area contributed by atoms with Crippen molar-refractivity contribution in [3.05, 3.63) is 124 Å². The fourth-order valence-electron chi connectivity index (χ4n) is 7.73. The van der Waals surface area contributed by atoms with Crippen LogP contribution in [0.4, 0.5) is 28.4 Å². The SMILES string of the molecule is COc1cc(C(=O)N2c3ccccc3C[C@H]2C)c(N)cc1OCc1cc(N)cc(COc2cc3c(cc2OC)C(=O)N2c4ccccc4CC2CN3)c1.